The van der Waals surface area contributed by atoms with E-state index in [1.807, 2.05) is 23.6 Å². The van der Waals surface area contributed by atoms with E-state index in [9.17, 15) is 0 Å². The van der Waals surface area contributed by atoms with Gasteiger partial charge in [0.2, 0.25) is 0 Å². The van der Waals surface area contributed by atoms with Crippen LogP contribution in [0.2, 0.25) is 0 Å². The van der Waals surface area contributed by atoms with Crippen LogP contribution in [-0.4, -0.2) is 29.3 Å². The Balaban J connectivity index is 1.94. The molecule has 1 atom stereocenters. The molecule has 5 nitrogen and oxygen atoms in total. The fourth-order valence-electron chi connectivity index (χ4n) is 2.13. The van der Waals surface area contributed by atoms with Crippen molar-refractivity contribution >= 4 is 11.5 Å². The van der Waals surface area contributed by atoms with Crippen LogP contribution in [-0.2, 0) is 0 Å². The van der Waals surface area contributed by atoms with E-state index in [-0.39, 0.29) is 6.04 Å². The summed E-state index contributed by atoms with van der Waals surface area (Å²) in [5.41, 5.74) is 2.04. The molecule has 0 radical (unpaired) electrons. The van der Waals surface area contributed by atoms with Crippen LogP contribution < -0.4 is 14.8 Å². The first-order valence-corrected chi connectivity index (χ1v) is 7.12. The topological polar surface area (TPSA) is 56.3 Å². The van der Waals surface area contributed by atoms with E-state index in [1.54, 1.807) is 0 Å². The van der Waals surface area contributed by atoms with Crippen LogP contribution in [0.4, 0.5) is 0 Å². The Morgan fingerprint density at radius 3 is 2.89 bits per heavy atom. The normalized spacial score (nSPS) is 15.2. The number of benzene rings is 1. The van der Waals surface area contributed by atoms with E-state index >= 15 is 0 Å². The summed E-state index contributed by atoms with van der Waals surface area (Å²) < 4.78 is 15.1. The average Bonchev–Trinajstić information content (AvgIpc) is 2.98. The summed E-state index contributed by atoms with van der Waals surface area (Å²) in [6.45, 7) is 4.14. The van der Waals surface area contributed by atoms with Crippen molar-refractivity contribution in [1.82, 2.24) is 14.9 Å². The first-order chi connectivity index (χ1) is 9.38. The third kappa shape index (κ3) is 2.54. The minimum Gasteiger partial charge on any atom is -0.486 e. The second-order valence-corrected chi connectivity index (χ2v) is 4.83. The molecular formula is C13H15N3O2S. The minimum absolute atomic E-state index is 0.0413. The molecule has 1 aliphatic heterocycles. The molecule has 2 aromatic rings. The van der Waals surface area contributed by atoms with Crippen molar-refractivity contribution in [3.63, 3.8) is 0 Å². The van der Waals surface area contributed by atoms with Crippen molar-refractivity contribution in [1.29, 1.82) is 0 Å². The van der Waals surface area contributed by atoms with Gasteiger partial charge in [-0.05, 0) is 35.8 Å². The molecule has 0 saturated heterocycles. The van der Waals surface area contributed by atoms with E-state index in [1.165, 1.54) is 11.5 Å². The molecule has 6 heteroatoms. The molecule has 0 aliphatic carbocycles. The Bertz CT molecular complexity index is 545. The van der Waals surface area contributed by atoms with Gasteiger partial charge in [-0.15, -0.1) is 5.10 Å². The third-order valence-electron chi connectivity index (χ3n) is 2.98. The van der Waals surface area contributed by atoms with Gasteiger partial charge >= 0.3 is 0 Å². The summed E-state index contributed by atoms with van der Waals surface area (Å²) in [4.78, 5) is 0. The van der Waals surface area contributed by atoms with Gasteiger partial charge in [0.05, 0.1) is 11.7 Å². The maximum absolute atomic E-state index is 5.62. The molecule has 0 spiro atoms. The molecule has 0 bridgehead atoms. The van der Waals surface area contributed by atoms with Gasteiger partial charge in [-0.3, -0.25) is 0 Å². The lowest BCUT2D eigenvalue weighted by Gasteiger charge is -2.21. The minimum atomic E-state index is 0.0413. The number of ether oxygens (including phenoxy) is 2. The Hall–Kier alpha value is -1.66. The van der Waals surface area contributed by atoms with E-state index in [0.717, 1.165) is 29.3 Å². The number of nitrogens with zero attached hydrogens (tertiary/aromatic N) is 2. The summed E-state index contributed by atoms with van der Waals surface area (Å²) in [6.07, 6.45) is 0. The Labute approximate surface area is 115 Å². The highest BCUT2D eigenvalue weighted by molar-refractivity contribution is 7.03. The fourth-order valence-corrected chi connectivity index (χ4v) is 2.61. The highest BCUT2D eigenvalue weighted by atomic mass is 32.1. The molecule has 3 rings (SSSR count). The van der Waals surface area contributed by atoms with Gasteiger partial charge in [0, 0.05) is 5.38 Å². The molecule has 1 aromatic heterocycles. The van der Waals surface area contributed by atoms with Crippen LogP contribution in [0.25, 0.3) is 0 Å². The van der Waals surface area contributed by atoms with E-state index in [0.29, 0.717) is 13.2 Å². The SMILES string of the molecule is CCNC(c1ccc2c(c1)OCCO2)c1csnn1. The number of fused-ring (bicyclic) bond motifs is 1. The molecule has 19 heavy (non-hydrogen) atoms. The summed E-state index contributed by atoms with van der Waals surface area (Å²) in [5.74, 6) is 1.61. The van der Waals surface area contributed by atoms with Crippen LogP contribution in [0.5, 0.6) is 11.5 Å². The molecule has 100 valence electrons. The maximum Gasteiger partial charge on any atom is 0.161 e. The molecule has 0 amide bonds. The van der Waals surface area contributed by atoms with Crippen LogP contribution in [0.3, 0.4) is 0 Å². The van der Waals surface area contributed by atoms with Crippen LogP contribution >= 0.6 is 11.5 Å². The van der Waals surface area contributed by atoms with Gasteiger partial charge in [0.1, 0.15) is 13.2 Å². The van der Waals surface area contributed by atoms with Gasteiger partial charge in [-0.1, -0.05) is 17.5 Å². The largest absolute Gasteiger partial charge is 0.486 e. The highest BCUT2D eigenvalue weighted by Gasteiger charge is 2.19. The molecule has 1 aromatic carbocycles. The first kappa shape index (κ1) is 12.4. The van der Waals surface area contributed by atoms with Gasteiger partial charge in [-0.25, -0.2) is 0 Å². The van der Waals surface area contributed by atoms with Gasteiger partial charge in [-0.2, -0.15) is 0 Å². The van der Waals surface area contributed by atoms with E-state index in [2.05, 4.69) is 21.8 Å². The molecular weight excluding hydrogens is 262 g/mol. The molecule has 0 fully saturated rings. The number of nitrogens with one attached hydrogen (secondary N) is 1. The van der Waals surface area contributed by atoms with Crippen molar-refractivity contribution in [3.05, 3.63) is 34.8 Å². The lowest BCUT2D eigenvalue weighted by Crippen LogP contribution is -2.23. The van der Waals surface area contributed by atoms with Gasteiger partial charge in [0.25, 0.3) is 0 Å². The zero-order valence-corrected chi connectivity index (χ0v) is 11.4. The summed E-state index contributed by atoms with van der Waals surface area (Å²) >= 11 is 1.36. The van der Waals surface area contributed by atoms with Gasteiger partial charge < -0.3 is 14.8 Å². The van der Waals surface area contributed by atoms with Crippen LogP contribution in [0.15, 0.2) is 23.6 Å². The van der Waals surface area contributed by atoms with Crippen molar-refractivity contribution in [2.75, 3.05) is 19.8 Å². The third-order valence-corrected chi connectivity index (χ3v) is 3.50. The van der Waals surface area contributed by atoms with Crippen molar-refractivity contribution in [2.45, 2.75) is 13.0 Å². The van der Waals surface area contributed by atoms with Crippen molar-refractivity contribution in [3.8, 4) is 11.5 Å². The van der Waals surface area contributed by atoms with E-state index < -0.39 is 0 Å². The first-order valence-electron chi connectivity index (χ1n) is 6.28. The Kier molecular flexibility index (Phi) is 3.61. The molecule has 1 unspecified atom stereocenters. The van der Waals surface area contributed by atoms with E-state index in [4.69, 9.17) is 9.47 Å². The van der Waals surface area contributed by atoms with Crippen molar-refractivity contribution in [2.24, 2.45) is 0 Å². The second-order valence-electron chi connectivity index (χ2n) is 4.22. The maximum atomic E-state index is 5.62. The Morgan fingerprint density at radius 1 is 1.32 bits per heavy atom. The molecule has 2 heterocycles. The number of aromatic nitrogens is 2. The summed E-state index contributed by atoms with van der Waals surface area (Å²) in [7, 11) is 0. The van der Waals surface area contributed by atoms with Crippen molar-refractivity contribution < 1.29 is 9.47 Å². The molecule has 1 N–H and O–H groups in total. The fraction of sp³-hybridized carbons (Fsp3) is 0.385. The molecule has 1 aliphatic rings. The summed E-state index contributed by atoms with van der Waals surface area (Å²) in [6, 6.07) is 6.05. The Morgan fingerprint density at radius 2 is 2.16 bits per heavy atom. The monoisotopic (exact) mass is 277 g/mol. The van der Waals surface area contributed by atoms with Crippen LogP contribution in [0.1, 0.15) is 24.2 Å². The second kappa shape index (κ2) is 5.54. The smallest absolute Gasteiger partial charge is 0.161 e. The quantitative estimate of drug-likeness (QED) is 0.926. The highest BCUT2D eigenvalue weighted by Crippen LogP contribution is 2.34. The number of hydrogen-bond donors (Lipinski definition) is 1. The molecule has 0 saturated carbocycles. The van der Waals surface area contributed by atoms with Crippen LogP contribution in [0, 0.1) is 0 Å². The lowest BCUT2D eigenvalue weighted by molar-refractivity contribution is 0.171. The number of hydrogen-bond acceptors (Lipinski definition) is 6. The predicted octanol–water partition coefficient (Wildman–Crippen LogP) is 2.01. The number of rotatable bonds is 4. The van der Waals surface area contributed by atoms with Gasteiger partial charge in [0.15, 0.2) is 11.5 Å². The predicted molar refractivity (Wildman–Crippen MR) is 72.9 cm³/mol. The zero-order chi connectivity index (χ0) is 13.1. The zero-order valence-electron chi connectivity index (χ0n) is 10.6. The lowest BCUT2D eigenvalue weighted by atomic mass is 10.0. The average molecular weight is 277 g/mol. The summed E-state index contributed by atoms with van der Waals surface area (Å²) in [5, 5.41) is 9.54. The standard InChI is InChI=1S/C13H15N3O2S/c1-2-14-13(10-8-19-16-15-10)9-3-4-11-12(7-9)18-6-5-17-11/h3-4,7-8,13-14H,2,5-6H2,1H3.